The summed E-state index contributed by atoms with van der Waals surface area (Å²) in [5, 5.41) is 5.44. The van der Waals surface area contributed by atoms with Crippen molar-refractivity contribution in [1.82, 2.24) is 15.5 Å². The number of urea groups is 1. The molecule has 16 heavy (non-hydrogen) atoms. The van der Waals surface area contributed by atoms with E-state index in [9.17, 15) is 9.59 Å². The van der Waals surface area contributed by atoms with Crippen LogP contribution in [0.1, 0.15) is 19.8 Å². The van der Waals surface area contributed by atoms with E-state index in [4.69, 9.17) is 5.73 Å². The molecule has 0 radical (unpaired) electrons. The van der Waals surface area contributed by atoms with Crippen LogP contribution in [0, 0.1) is 0 Å². The normalized spacial score (nSPS) is 22.1. The second kappa shape index (κ2) is 5.81. The van der Waals surface area contributed by atoms with E-state index in [1.807, 2.05) is 11.9 Å². The van der Waals surface area contributed by atoms with Crippen molar-refractivity contribution in [3.05, 3.63) is 0 Å². The van der Waals surface area contributed by atoms with Gasteiger partial charge in [-0.3, -0.25) is 15.0 Å². The Balaban J connectivity index is 2.36. The zero-order valence-electron chi connectivity index (χ0n) is 9.82. The molecule has 1 rings (SSSR count). The first-order valence-electron chi connectivity index (χ1n) is 5.54. The van der Waals surface area contributed by atoms with Gasteiger partial charge in [-0.2, -0.15) is 0 Å². The molecule has 6 heteroatoms. The molecule has 6 nitrogen and oxygen atoms in total. The fourth-order valence-electron chi connectivity index (χ4n) is 1.84. The van der Waals surface area contributed by atoms with Gasteiger partial charge >= 0.3 is 6.03 Å². The first-order valence-corrected chi connectivity index (χ1v) is 5.54. The minimum Gasteiger partial charge on any atom is -0.351 e. The van der Waals surface area contributed by atoms with Crippen LogP contribution >= 0.6 is 0 Å². The van der Waals surface area contributed by atoms with Crippen LogP contribution in [0.2, 0.25) is 0 Å². The Kier molecular flexibility index (Phi) is 4.70. The molecule has 0 aromatic rings. The summed E-state index contributed by atoms with van der Waals surface area (Å²) in [7, 11) is 1.87. The van der Waals surface area contributed by atoms with Gasteiger partial charge < -0.3 is 11.1 Å². The van der Waals surface area contributed by atoms with Gasteiger partial charge in [0.25, 0.3) is 0 Å². The number of carbonyl (C=O) groups is 2. The summed E-state index contributed by atoms with van der Waals surface area (Å²) in [5.74, 6) is -0.354. The van der Waals surface area contributed by atoms with Crippen LogP contribution in [-0.4, -0.2) is 49.1 Å². The molecule has 0 aromatic heterocycles. The van der Waals surface area contributed by atoms with Crippen LogP contribution in [0.4, 0.5) is 4.79 Å². The van der Waals surface area contributed by atoms with E-state index in [-0.39, 0.29) is 11.9 Å². The van der Waals surface area contributed by atoms with Crippen molar-refractivity contribution >= 4 is 11.9 Å². The van der Waals surface area contributed by atoms with Crippen LogP contribution in [0.25, 0.3) is 0 Å². The molecule has 0 aromatic carbocycles. The lowest BCUT2D eigenvalue weighted by molar-refractivity contribution is -0.124. The van der Waals surface area contributed by atoms with E-state index in [0.717, 1.165) is 19.5 Å². The summed E-state index contributed by atoms with van der Waals surface area (Å²) in [6, 6.07) is -0.715. The van der Waals surface area contributed by atoms with Crippen molar-refractivity contribution in [3.8, 4) is 0 Å². The largest absolute Gasteiger partial charge is 0.351 e. The average Bonchev–Trinajstić information content (AvgIpc) is 2.68. The number of imide groups is 1. The van der Waals surface area contributed by atoms with Gasteiger partial charge in [0.05, 0.1) is 6.04 Å². The van der Waals surface area contributed by atoms with Crippen LogP contribution in [-0.2, 0) is 4.79 Å². The fourth-order valence-corrected chi connectivity index (χ4v) is 1.84. The van der Waals surface area contributed by atoms with Crippen molar-refractivity contribution in [1.29, 1.82) is 0 Å². The van der Waals surface area contributed by atoms with E-state index in [2.05, 4.69) is 10.6 Å². The molecular formula is C10H20N4O2. The highest BCUT2D eigenvalue weighted by Gasteiger charge is 2.23. The van der Waals surface area contributed by atoms with Crippen molar-refractivity contribution in [3.63, 3.8) is 0 Å². The average molecular weight is 228 g/mol. The highest BCUT2D eigenvalue weighted by molar-refractivity contribution is 5.96. The van der Waals surface area contributed by atoms with Gasteiger partial charge in [-0.25, -0.2) is 4.79 Å². The van der Waals surface area contributed by atoms with E-state index in [0.29, 0.717) is 6.04 Å². The molecule has 1 aliphatic rings. The lowest BCUT2D eigenvalue weighted by Crippen LogP contribution is -2.49. The molecule has 1 fully saturated rings. The maximum atomic E-state index is 11.5. The summed E-state index contributed by atoms with van der Waals surface area (Å²) in [4.78, 5) is 24.0. The molecule has 0 saturated carbocycles. The first kappa shape index (κ1) is 12.9. The van der Waals surface area contributed by atoms with E-state index in [1.165, 1.54) is 6.42 Å². The Morgan fingerprint density at radius 2 is 2.31 bits per heavy atom. The minimum atomic E-state index is -0.802. The van der Waals surface area contributed by atoms with Crippen LogP contribution in [0.5, 0.6) is 0 Å². The van der Waals surface area contributed by atoms with E-state index >= 15 is 0 Å². The Morgan fingerprint density at radius 1 is 1.62 bits per heavy atom. The predicted octanol–water partition coefficient (Wildman–Crippen LogP) is -0.746. The smallest absolute Gasteiger partial charge is 0.318 e. The third-order valence-electron chi connectivity index (χ3n) is 2.96. The number of hydrogen-bond acceptors (Lipinski definition) is 4. The van der Waals surface area contributed by atoms with Gasteiger partial charge in [-0.15, -0.1) is 0 Å². The van der Waals surface area contributed by atoms with Crippen molar-refractivity contribution in [2.45, 2.75) is 31.8 Å². The molecule has 3 amide bonds. The number of nitrogens with zero attached hydrogens (tertiary/aromatic N) is 1. The Morgan fingerprint density at radius 3 is 2.81 bits per heavy atom. The number of carbonyl (C=O) groups excluding carboxylic acids is 2. The Bertz CT molecular complexity index is 264. The zero-order chi connectivity index (χ0) is 12.1. The standard InChI is InChI=1S/C10H20N4O2/c1-7(9(15)13-10(11)16)14(2)6-8-4-3-5-12-8/h7-8,12H,3-6H2,1-2H3,(H3,11,13,15,16). The minimum absolute atomic E-state index is 0.352. The second-order valence-corrected chi connectivity index (χ2v) is 4.26. The molecule has 92 valence electrons. The van der Waals surface area contributed by atoms with Gasteiger partial charge in [0, 0.05) is 12.6 Å². The van der Waals surface area contributed by atoms with Crippen molar-refractivity contribution < 1.29 is 9.59 Å². The molecule has 1 saturated heterocycles. The van der Waals surface area contributed by atoms with Crippen molar-refractivity contribution in [2.24, 2.45) is 5.73 Å². The van der Waals surface area contributed by atoms with E-state index in [1.54, 1.807) is 6.92 Å². The summed E-state index contributed by atoms with van der Waals surface area (Å²) >= 11 is 0. The summed E-state index contributed by atoms with van der Waals surface area (Å²) < 4.78 is 0. The number of likely N-dealkylation sites (N-methyl/N-ethyl adjacent to an activating group) is 1. The van der Waals surface area contributed by atoms with Gasteiger partial charge in [0.1, 0.15) is 0 Å². The molecule has 0 aliphatic carbocycles. The maximum Gasteiger partial charge on any atom is 0.318 e. The van der Waals surface area contributed by atoms with Gasteiger partial charge in [-0.05, 0) is 33.4 Å². The number of nitrogens with two attached hydrogens (primary N) is 1. The lowest BCUT2D eigenvalue weighted by Gasteiger charge is -2.26. The van der Waals surface area contributed by atoms with Crippen LogP contribution in [0.3, 0.4) is 0 Å². The topological polar surface area (TPSA) is 87.5 Å². The molecule has 4 N–H and O–H groups in total. The lowest BCUT2D eigenvalue weighted by atomic mass is 10.2. The SMILES string of the molecule is CC(C(=O)NC(N)=O)N(C)CC1CCCN1. The van der Waals surface area contributed by atoms with Gasteiger partial charge in [0.15, 0.2) is 0 Å². The zero-order valence-corrected chi connectivity index (χ0v) is 9.82. The quantitative estimate of drug-likeness (QED) is 0.591. The maximum absolute atomic E-state index is 11.5. The highest BCUT2D eigenvalue weighted by atomic mass is 16.2. The number of hydrogen-bond donors (Lipinski definition) is 3. The monoisotopic (exact) mass is 228 g/mol. The first-order chi connectivity index (χ1) is 7.50. The number of rotatable bonds is 4. The molecule has 1 aliphatic heterocycles. The van der Waals surface area contributed by atoms with Gasteiger partial charge in [-0.1, -0.05) is 0 Å². The van der Waals surface area contributed by atoms with Crippen molar-refractivity contribution in [2.75, 3.05) is 20.1 Å². The number of amides is 3. The number of nitrogens with one attached hydrogen (secondary N) is 2. The molecule has 2 atom stereocenters. The van der Waals surface area contributed by atoms with Crippen LogP contribution < -0.4 is 16.4 Å². The molecule has 0 spiro atoms. The molecule has 0 bridgehead atoms. The summed E-state index contributed by atoms with van der Waals surface area (Å²) in [6.45, 7) is 3.60. The third-order valence-corrected chi connectivity index (χ3v) is 2.96. The molecule has 1 heterocycles. The Labute approximate surface area is 95.5 Å². The predicted molar refractivity (Wildman–Crippen MR) is 60.8 cm³/mol. The fraction of sp³-hybridized carbons (Fsp3) is 0.800. The third kappa shape index (κ3) is 3.79. The van der Waals surface area contributed by atoms with Crippen LogP contribution in [0.15, 0.2) is 0 Å². The Hall–Kier alpha value is -1.14. The second-order valence-electron chi connectivity index (χ2n) is 4.26. The summed E-state index contributed by atoms with van der Waals surface area (Å²) in [6.07, 6.45) is 2.31. The highest BCUT2D eigenvalue weighted by Crippen LogP contribution is 2.07. The molecular weight excluding hydrogens is 208 g/mol. The van der Waals surface area contributed by atoms with Gasteiger partial charge in [0.2, 0.25) is 5.91 Å². The van der Waals surface area contributed by atoms with E-state index < -0.39 is 6.03 Å². The summed E-state index contributed by atoms with van der Waals surface area (Å²) in [5.41, 5.74) is 4.89. The number of primary amides is 1. The molecule has 2 unspecified atom stereocenters.